The second-order valence-corrected chi connectivity index (χ2v) is 13.6. The summed E-state index contributed by atoms with van der Waals surface area (Å²) in [4.78, 5) is 59.5. The predicted molar refractivity (Wildman–Crippen MR) is 189 cm³/mol. The zero-order valence-corrected chi connectivity index (χ0v) is 29.1. The van der Waals surface area contributed by atoms with E-state index >= 15 is 0 Å². The number of ether oxygens (including phenoxy) is 2. The second kappa shape index (κ2) is 17.1. The van der Waals surface area contributed by atoms with E-state index in [4.69, 9.17) is 9.47 Å². The van der Waals surface area contributed by atoms with Gasteiger partial charge < -0.3 is 29.7 Å². The van der Waals surface area contributed by atoms with Gasteiger partial charge >= 0.3 is 5.97 Å². The van der Waals surface area contributed by atoms with Gasteiger partial charge in [-0.25, -0.2) is 0 Å². The highest BCUT2D eigenvalue weighted by atomic mass is 16.6. The van der Waals surface area contributed by atoms with Crippen LogP contribution in [0, 0.1) is 11.8 Å². The Labute approximate surface area is 295 Å². The van der Waals surface area contributed by atoms with E-state index in [-0.39, 0.29) is 37.3 Å². The number of carbonyl (C=O) groups is 4. The van der Waals surface area contributed by atoms with Crippen LogP contribution in [0.15, 0.2) is 86.0 Å². The number of benzene rings is 2. The first-order valence-corrected chi connectivity index (χ1v) is 18.0. The van der Waals surface area contributed by atoms with E-state index in [0.29, 0.717) is 44.3 Å². The lowest BCUT2D eigenvalue weighted by Crippen LogP contribution is -2.59. The van der Waals surface area contributed by atoms with Crippen molar-refractivity contribution in [3.05, 3.63) is 97.1 Å². The lowest BCUT2D eigenvalue weighted by molar-refractivity contribution is -0.161. The summed E-state index contributed by atoms with van der Waals surface area (Å²) in [6, 6.07) is 17.0. The van der Waals surface area contributed by atoms with Crippen molar-refractivity contribution in [3.8, 4) is 0 Å². The molecule has 3 fully saturated rings. The number of fused-ring (bicyclic) bond motifs is 1. The minimum absolute atomic E-state index is 0.0545. The number of aliphatic hydroxyl groups excluding tert-OH is 1. The fourth-order valence-corrected chi connectivity index (χ4v) is 7.98. The fourth-order valence-electron chi connectivity index (χ4n) is 7.98. The molecule has 3 aliphatic heterocycles. The monoisotopic (exact) mass is 685 g/mol. The molecule has 0 radical (unpaired) electrons. The molecule has 1 spiro atoms. The van der Waals surface area contributed by atoms with Crippen molar-refractivity contribution in [2.24, 2.45) is 11.8 Å². The maximum atomic E-state index is 14.8. The lowest BCUT2D eigenvalue weighted by atomic mass is 9.70. The molecule has 10 heteroatoms. The number of nitrogens with zero attached hydrogens (tertiary/aromatic N) is 2. The Bertz CT molecular complexity index is 1500. The highest BCUT2D eigenvalue weighted by Gasteiger charge is 2.75. The zero-order chi connectivity index (χ0) is 35.7. The maximum absolute atomic E-state index is 14.8. The molecule has 3 amide bonds. The third-order valence-corrected chi connectivity index (χ3v) is 10.3. The van der Waals surface area contributed by atoms with Crippen LogP contribution in [0.1, 0.15) is 69.1 Å². The van der Waals surface area contributed by atoms with Gasteiger partial charge in [0.1, 0.15) is 17.7 Å². The van der Waals surface area contributed by atoms with Gasteiger partial charge in [0.05, 0.1) is 37.1 Å². The van der Waals surface area contributed by atoms with Gasteiger partial charge in [0.15, 0.2) is 0 Å². The predicted octanol–water partition coefficient (Wildman–Crippen LogP) is 4.54. The van der Waals surface area contributed by atoms with Crippen molar-refractivity contribution in [2.75, 3.05) is 26.2 Å². The number of rotatable bonds is 19. The molecule has 3 saturated heterocycles. The molecule has 0 aromatic heterocycles. The summed E-state index contributed by atoms with van der Waals surface area (Å²) >= 11 is 0. The largest absolute Gasteiger partial charge is 0.455 e. The van der Waals surface area contributed by atoms with Crippen molar-refractivity contribution >= 4 is 23.7 Å². The second-order valence-electron chi connectivity index (χ2n) is 13.6. The van der Waals surface area contributed by atoms with E-state index in [9.17, 15) is 24.3 Å². The molecule has 7 atom stereocenters. The molecule has 268 valence electrons. The third kappa shape index (κ3) is 7.71. The van der Waals surface area contributed by atoms with Crippen molar-refractivity contribution in [2.45, 2.75) is 88.2 Å². The van der Waals surface area contributed by atoms with E-state index in [1.54, 1.807) is 17.1 Å². The van der Waals surface area contributed by atoms with Crippen LogP contribution in [-0.2, 0) is 35.1 Å². The smallest absolute Gasteiger partial charge is 0.313 e. The Kier molecular flexibility index (Phi) is 12.6. The first-order chi connectivity index (χ1) is 24.3. The number of allylic oxidation sites excluding steroid dienone is 1. The Balaban J connectivity index is 1.48. The molecule has 50 heavy (non-hydrogen) atoms. The van der Waals surface area contributed by atoms with E-state index in [1.165, 1.54) is 4.90 Å². The Hall–Kier alpha value is -4.28. The molecule has 2 aromatic carbocycles. The van der Waals surface area contributed by atoms with Crippen molar-refractivity contribution < 1.29 is 33.8 Å². The number of esters is 1. The number of unbranched alkanes of at least 4 members (excludes halogenated alkanes) is 2. The average Bonchev–Trinajstić information content (AvgIpc) is 3.79. The molecular weight excluding hydrogens is 634 g/mol. The first kappa shape index (κ1) is 37.0. The van der Waals surface area contributed by atoms with E-state index in [2.05, 4.69) is 25.4 Å². The Morgan fingerprint density at radius 3 is 2.48 bits per heavy atom. The molecule has 3 heterocycles. The molecule has 0 unspecified atom stereocenters. The maximum Gasteiger partial charge on any atom is 0.313 e. The molecule has 3 aliphatic rings. The Morgan fingerprint density at radius 1 is 1.10 bits per heavy atom. The summed E-state index contributed by atoms with van der Waals surface area (Å²) in [5.74, 6) is -3.36. The highest BCUT2D eigenvalue weighted by molar-refractivity contribution is 5.98. The molecule has 0 aliphatic carbocycles. The van der Waals surface area contributed by atoms with Gasteiger partial charge in [-0.3, -0.25) is 19.2 Å². The number of hydrogen-bond acceptors (Lipinski definition) is 7. The average molecular weight is 686 g/mol. The zero-order valence-electron chi connectivity index (χ0n) is 29.1. The van der Waals surface area contributed by atoms with Crippen molar-refractivity contribution in [1.82, 2.24) is 15.1 Å². The molecular formula is C40H51N3O7. The van der Waals surface area contributed by atoms with Crippen LogP contribution in [0.5, 0.6) is 0 Å². The van der Waals surface area contributed by atoms with Gasteiger partial charge in [-0.05, 0) is 43.2 Å². The summed E-state index contributed by atoms with van der Waals surface area (Å²) in [5.41, 5.74) is 0.359. The minimum atomic E-state index is -1.25. The van der Waals surface area contributed by atoms with Gasteiger partial charge in [-0.15, -0.1) is 13.2 Å². The summed E-state index contributed by atoms with van der Waals surface area (Å²) < 4.78 is 12.8. The quantitative estimate of drug-likeness (QED) is 0.126. The van der Waals surface area contributed by atoms with Crippen LogP contribution < -0.4 is 5.32 Å². The van der Waals surface area contributed by atoms with Crippen LogP contribution in [-0.4, -0.2) is 88.6 Å². The standard InChI is InChI=1S/C40H51N3O7/c1-4-7-15-24-42(23-6-3)38(47)36-40-22-21-31(50-40)34(35(40)37(46)43(36)30(27-44)25-28-16-11-9-12-17-28)39(48)49-32(29-18-13-10-14-19-29)26-41-33(45)20-8-5-2/h5-6,9-14,16-19,30-32,34-36,44H,2-4,7-8,15,20-27H2,1H3,(H,41,45)/t30-,31-,32+,34+,35+,36-,40+/m1/s1. The van der Waals surface area contributed by atoms with E-state index in [1.807, 2.05) is 60.7 Å². The summed E-state index contributed by atoms with van der Waals surface area (Å²) in [6.07, 6.45) is 6.67. The highest BCUT2D eigenvalue weighted by Crippen LogP contribution is 2.59. The SMILES string of the molecule is C=CCCC(=O)NC[C@H](OC(=O)[C@@H]1[C@H]2C(=O)N([C@@H](CO)Cc3ccccc3)[C@H](C(=O)N(CC=C)CCCCC)[C@]23CC[C@H]1O3)c1ccccc1. The summed E-state index contributed by atoms with van der Waals surface area (Å²) in [5, 5.41) is 13.6. The molecule has 2 N–H and O–H groups in total. The molecule has 5 rings (SSSR count). The fraction of sp³-hybridized carbons (Fsp3) is 0.500. The molecule has 10 nitrogen and oxygen atoms in total. The number of nitrogens with one attached hydrogen (secondary N) is 1. The third-order valence-electron chi connectivity index (χ3n) is 10.3. The number of likely N-dealkylation sites (tertiary alicyclic amines) is 1. The van der Waals surface area contributed by atoms with Crippen LogP contribution in [0.2, 0.25) is 0 Å². The summed E-state index contributed by atoms with van der Waals surface area (Å²) in [6.45, 7) is 10.1. The number of amides is 3. The van der Waals surface area contributed by atoms with Crippen LogP contribution in [0.4, 0.5) is 0 Å². The molecule has 2 aromatic rings. The minimum Gasteiger partial charge on any atom is -0.455 e. The van der Waals surface area contributed by atoms with Gasteiger partial charge in [-0.1, -0.05) is 92.6 Å². The topological polar surface area (TPSA) is 125 Å². The van der Waals surface area contributed by atoms with Gasteiger partial charge in [0.25, 0.3) is 0 Å². The molecule has 2 bridgehead atoms. The van der Waals surface area contributed by atoms with Gasteiger partial charge in [0, 0.05) is 19.5 Å². The van der Waals surface area contributed by atoms with Gasteiger partial charge in [0.2, 0.25) is 17.7 Å². The number of aliphatic hydroxyl groups is 1. The molecule has 0 saturated carbocycles. The number of carbonyl (C=O) groups excluding carboxylic acids is 4. The van der Waals surface area contributed by atoms with Gasteiger partial charge in [-0.2, -0.15) is 0 Å². The van der Waals surface area contributed by atoms with Crippen molar-refractivity contribution in [1.29, 1.82) is 0 Å². The summed E-state index contributed by atoms with van der Waals surface area (Å²) in [7, 11) is 0. The van der Waals surface area contributed by atoms with Crippen LogP contribution in [0.25, 0.3) is 0 Å². The van der Waals surface area contributed by atoms with Crippen LogP contribution in [0.3, 0.4) is 0 Å². The lowest BCUT2D eigenvalue weighted by Gasteiger charge is -2.39. The van der Waals surface area contributed by atoms with Crippen molar-refractivity contribution in [3.63, 3.8) is 0 Å². The van der Waals surface area contributed by atoms with Crippen LogP contribution >= 0.6 is 0 Å². The number of hydrogen-bond donors (Lipinski definition) is 2. The normalized spacial score (nSPS) is 24.7. The van der Waals surface area contributed by atoms with E-state index < -0.39 is 47.7 Å². The first-order valence-electron chi connectivity index (χ1n) is 18.0. The van der Waals surface area contributed by atoms with E-state index in [0.717, 1.165) is 24.8 Å². The Morgan fingerprint density at radius 2 is 1.82 bits per heavy atom.